The lowest BCUT2D eigenvalue weighted by Gasteiger charge is -2.40. The monoisotopic (exact) mass is 760 g/mol. The Morgan fingerprint density at radius 2 is 0.931 bits per heavy atom. The molecule has 4 aliphatic heterocycles. The number of para-hydroxylation sites is 2. The number of fused-ring (bicyclic) bond motifs is 8. The van der Waals surface area contributed by atoms with Gasteiger partial charge in [0, 0.05) is 33.2 Å². The van der Waals surface area contributed by atoms with E-state index in [2.05, 4.69) is 180 Å². The smallest absolute Gasteiger partial charge is 0.261 e. The number of furan rings is 1. The Balaban J connectivity index is 1.03. The molecular weight excluding hydrogens is 730 g/mol. The SMILES string of the molecule is c1ccc(-c2cc3c(o2)N(c2ccccc2)c2cccc4c2B3c2cc3c(cc2O4)B2c4cc(-c5ccccc5)sc4N(c4ccccc4)c4cccc(c42)O3)cc1. The Morgan fingerprint density at radius 1 is 0.414 bits per heavy atom. The van der Waals surface area contributed by atoms with Gasteiger partial charge in [0.15, 0.2) is 5.88 Å². The zero-order valence-electron chi connectivity index (χ0n) is 31.0. The number of thiophene rings is 1. The van der Waals surface area contributed by atoms with Gasteiger partial charge in [-0.05, 0) is 111 Å². The summed E-state index contributed by atoms with van der Waals surface area (Å²) >= 11 is 1.84. The van der Waals surface area contributed by atoms with Crippen molar-refractivity contribution < 1.29 is 13.9 Å². The fourth-order valence-corrected chi connectivity index (χ4v) is 10.8. The first kappa shape index (κ1) is 32.0. The molecule has 4 aliphatic rings. The van der Waals surface area contributed by atoms with Gasteiger partial charge in [0.1, 0.15) is 28.8 Å². The van der Waals surface area contributed by atoms with Gasteiger partial charge >= 0.3 is 0 Å². The fourth-order valence-electron chi connectivity index (χ4n) is 9.56. The zero-order chi connectivity index (χ0) is 37.9. The molecule has 0 saturated heterocycles. The van der Waals surface area contributed by atoms with Crippen LogP contribution in [0.1, 0.15) is 0 Å². The second-order valence-corrected chi connectivity index (χ2v) is 16.2. The van der Waals surface area contributed by atoms with E-state index < -0.39 is 0 Å². The Hall–Kier alpha value is -7.15. The second-order valence-electron chi connectivity index (χ2n) is 15.2. The first-order valence-corrected chi connectivity index (χ1v) is 20.5. The van der Waals surface area contributed by atoms with E-state index >= 15 is 0 Å². The van der Waals surface area contributed by atoms with Crippen molar-refractivity contribution in [2.45, 2.75) is 0 Å². The summed E-state index contributed by atoms with van der Waals surface area (Å²) < 4.78 is 21.0. The van der Waals surface area contributed by atoms with Crippen LogP contribution >= 0.6 is 11.3 Å². The topological polar surface area (TPSA) is 38.1 Å². The van der Waals surface area contributed by atoms with Crippen LogP contribution < -0.4 is 52.1 Å². The Morgan fingerprint density at radius 3 is 1.53 bits per heavy atom. The predicted molar refractivity (Wildman–Crippen MR) is 239 cm³/mol. The Labute approximate surface area is 340 Å². The third kappa shape index (κ3) is 4.55. The van der Waals surface area contributed by atoms with Crippen molar-refractivity contribution in [3.63, 3.8) is 0 Å². The van der Waals surface area contributed by atoms with Crippen LogP contribution in [-0.2, 0) is 0 Å². The minimum atomic E-state index is -0.144. The predicted octanol–water partition coefficient (Wildman–Crippen LogP) is 9.49. The van der Waals surface area contributed by atoms with Crippen molar-refractivity contribution in [3.8, 4) is 44.8 Å². The molecular formula is C50H30B2N2O3S. The van der Waals surface area contributed by atoms with Crippen LogP contribution in [0.4, 0.5) is 33.6 Å². The van der Waals surface area contributed by atoms with Crippen LogP contribution in [0.15, 0.2) is 186 Å². The first-order chi connectivity index (χ1) is 28.8. The van der Waals surface area contributed by atoms with Gasteiger partial charge in [-0.25, -0.2) is 0 Å². The maximum atomic E-state index is 7.05. The Kier molecular flexibility index (Phi) is 6.71. The molecule has 2 aromatic heterocycles. The fraction of sp³-hybridized carbons (Fsp3) is 0. The molecule has 270 valence electrons. The molecule has 0 saturated carbocycles. The van der Waals surface area contributed by atoms with E-state index in [1.165, 1.54) is 26.4 Å². The van der Waals surface area contributed by atoms with Gasteiger partial charge in [-0.3, -0.25) is 4.90 Å². The highest BCUT2D eigenvalue weighted by atomic mass is 32.1. The van der Waals surface area contributed by atoms with Gasteiger partial charge in [-0.15, -0.1) is 11.3 Å². The summed E-state index contributed by atoms with van der Waals surface area (Å²) in [7, 11) is 0. The minimum absolute atomic E-state index is 0.0608. The molecule has 0 amide bonds. The summed E-state index contributed by atoms with van der Waals surface area (Å²) in [5.74, 6) is 5.05. The quantitative estimate of drug-likeness (QED) is 0.167. The highest BCUT2D eigenvalue weighted by molar-refractivity contribution is 7.23. The number of nitrogens with zero attached hydrogens (tertiary/aromatic N) is 2. The second kappa shape index (κ2) is 12.2. The number of hydrogen-bond acceptors (Lipinski definition) is 6. The lowest BCUT2D eigenvalue weighted by Crippen LogP contribution is -2.61. The highest BCUT2D eigenvalue weighted by Gasteiger charge is 2.48. The maximum absolute atomic E-state index is 7.05. The summed E-state index contributed by atoms with van der Waals surface area (Å²) in [4.78, 5) is 5.88. The van der Waals surface area contributed by atoms with Gasteiger partial charge < -0.3 is 18.8 Å². The van der Waals surface area contributed by atoms with Gasteiger partial charge in [-0.2, -0.15) is 0 Å². The maximum Gasteiger partial charge on any atom is 0.261 e. The van der Waals surface area contributed by atoms with Gasteiger partial charge in [0.05, 0.1) is 5.00 Å². The molecule has 0 fully saturated rings. The van der Waals surface area contributed by atoms with Crippen molar-refractivity contribution >= 4 is 91.2 Å². The number of rotatable bonds is 4. The molecule has 7 aromatic carbocycles. The molecule has 0 bridgehead atoms. The number of ether oxygens (including phenoxy) is 2. The number of anilines is 6. The average Bonchev–Trinajstić information content (AvgIpc) is 3.93. The van der Waals surface area contributed by atoms with Crippen LogP contribution in [0.3, 0.4) is 0 Å². The van der Waals surface area contributed by atoms with E-state index in [0.29, 0.717) is 0 Å². The van der Waals surface area contributed by atoms with E-state index in [-0.39, 0.29) is 13.4 Å². The van der Waals surface area contributed by atoms with Crippen molar-refractivity contribution in [3.05, 3.63) is 182 Å². The molecule has 0 spiro atoms. The summed E-state index contributed by atoms with van der Waals surface area (Å²) in [5, 5.41) is 1.21. The largest absolute Gasteiger partial charge is 0.458 e. The molecule has 9 aromatic rings. The van der Waals surface area contributed by atoms with E-state index in [1.54, 1.807) is 0 Å². The zero-order valence-corrected chi connectivity index (χ0v) is 31.8. The molecule has 6 heterocycles. The van der Waals surface area contributed by atoms with Crippen LogP contribution in [0.5, 0.6) is 23.0 Å². The summed E-state index contributed by atoms with van der Waals surface area (Å²) in [6.07, 6.45) is 0. The molecule has 8 heteroatoms. The average molecular weight is 760 g/mol. The molecule has 0 aliphatic carbocycles. The normalized spacial score (nSPS) is 13.7. The standard InChI is InChI=1S/C50H30B2N2O3S/c1-5-15-31(16-6-1)43-29-37-49(57-43)53(33-19-9-3-10-20-33)39-23-13-25-41-47(39)51(37)35-27-45-36(28-44(35)55-41)52-38-30-46(32-17-7-2-8-18-32)58-50(38)54(34-21-11-4-12-22-34)40-24-14-26-42(56-45)48(40)52/h1-30H. The molecule has 0 atom stereocenters. The van der Waals surface area contributed by atoms with Gasteiger partial charge in [-0.1, -0.05) is 109 Å². The van der Waals surface area contributed by atoms with Crippen molar-refractivity contribution in [1.82, 2.24) is 0 Å². The summed E-state index contributed by atoms with van der Waals surface area (Å²) in [6, 6.07) is 64.2. The summed E-state index contributed by atoms with van der Waals surface area (Å²) in [6.45, 7) is -0.205. The molecule has 13 rings (SSSR count). The molecule has 0 N–H and O–H groups in total. The Bertz CT molecular complexity index is 2890. The van der Waals surface area contributed by atoms with Crippen molar-refractivity contribution in [2.24, 2.45) is 0 Å². The van der Waals surface area contributed by atoms with Crippen LogP contribution in [0, 0.1) is 0 Å². The number of benzene rings is 7. The van der Waals surface area contributed by atoms with Crippen molar-refractivity contribution in [1.29, 1.82) is 0 Å². The number of hydrogen-bond donors (Lipinski definition) is 0. The van der Waals surface area contributed by atoms with E-state index in [0.717, 1.165) is 84.8 Å². The van der Waals surface area contributed by atoms with Crippen LogP contribution in [0.2, 0.25) is 0 Å². The first-order valence-electron chi connectivity index (χ1n) is 19.6. The third-order valence-corrected chi connectivity index (χ3v) is 13.2. The molecule has 5 nitrogen and oxygen atoms in total. The van der Waals surface area contributed by atoms with Gasteiger partial charge in [0.25, 0.3) is 13.4 Å². The van der Waals surface area contributed by atoms with E-state index in [9.17, 15) is 0 Å². The van der Waals surface area contributed by atoms with Crippen molar-refractivity contribution in [2.75, 3.05) is 9.80 Å². The highest BCUT2D eigenvalue weighted by Crippen LogP contribution is 2.47. The lowest BCUT2D eigenvalue weighted by atomic mass is 9.32. The molecule has 0 unspecified atom stereocenters. The van der Waals surface area contributed by atoms with Crippen LogP contribution in [-0.4, -0.2) is 13.4 Å². The van der Waals surface area contributed by atoms with E-state index in [1.807, 2.05) is 23.5 Å². The summed E-state index contributed by atoms with van der Waals surface area (Å²) in [5.41, 5.74) is 13.4. The van der Waals surface area contributed by atoms with Crippen LogP contribution in [0.25, 0.3) is 21.8 Å². The van der Waals surface area contributed by atoms with E-state index in [4.69, 9.17) is 13.9 Å². The molecule has 0 radical (unpaired) electrons. The third-order valence-electron chi connectivity index (χ3n) is 12.0. The lowest BCUT2D eigenvalue weighted by molar-refractivity contribution is 0.476. The minimum Gasteiger partial charge on any atom is -0.458 e. The van der Waals surface area contributed by atoms with Gasteiger partial charge in [0.2, 0.25) is 0 Å². The molecule has 58 heavy (non-hydrogen) atoms.